The zero-order chi connectivity index (χ0) is 22.7. The van der Waals surface area contributed by atoms with Crippen LogP contribution < -0.4 is 9.47 Å². The molecule has 1 unspecified atom stereocenters. The molecule has 166 valence electrons. The number of carbonyl (C=O) groups is 2. The van der Waals surface area contributed by atoms with Crippen LogP contribution in [-0.4, -0.2) is 61.2 Å². The summed E-state index contributed by atoms with van der Waals surface area (Å²) in [6.07, 6.45) is 0.540. The Bertz CT molecular complexity index is 1030. The van der Waals surface area contributed by atoms with E-state index in [2.05, 4.69) is 4.98 Å². The number of aromatic nitrogens is 1. The van der Waals surface area contributed by atoms with Crippen molar-refractivity contribution in [1.29, 1.82) is 0 Å². The number of ketones is 1. The van der Waals surface area contributed by atoms with Crippen LogP contribution in [0.5, 0.6) is 11.5 Å². The molecule has 0 saturated carbocycles. The molecule has 1 aromatic carbocycles. The van der Waals surface area contributed by atoms with Crippen LogP contribution in [0.1, 0.15) is 38.4 Å². The Morgan fingerprint density at radius 1 is 1.23 bits per heavy atom. The van der Waals surface area contributed by atoms with Gasteiger partial charge in [0.2, 0.25) is 5.78 Å². The molecule has 0 bridgehead atoms. The maximum Gasteiger partial charge on any atom is 0.290 e. The van der Waals surface area contributed by atoms with E-state index in [1.807, 2.05) is 6.92 Å². The van der Waals surface area contributed by atoms with E-state index >= 15 is 0 Å². The summed E-state index contributed by atoms with van der Waals surface area (Å²) >= 11 is 1.24. The number of ether oxygens (including phenoxy) is 3. The predicted octanol–water partition coefficient (Wildman–Crippen LogP) is 3.39. The molecule has 1 aliphatic heterocycles. The van der Waals surface area contributed by atoms with Gasteiger partial charge < -0.3 is 24.2 Å². The first-order chi connectivity index (χ1) is 14.8. The Hall–Kier alpha value is -2.91. The Morgan fingerprint density at radius 2 is 1.97 bits per heavy atom. The van der Waals surface area contributed by atoms with Crippen LogP contribution >= 0.6 is 11.3 Å². The largest absolute Gasteiger partial charge is 0.503 e. The lowest BCUT2D eigenvalue weighted by Crippen LogP contribution is -2.33. The summed E-state index contributed by atoms with van der Waals surface area (Å²) in [4.78, 5) is 32.7. The fourth-order valence-corrected chi connectivity index (χ4v) is 4.68. The molecule has 0 aliphatic carbocycles. The topological polar surface area (TPSA) is 98.2 Å². The molecule has 0 saturated heterocycles. The first-order valence-corrected chi connectivity index (χ1v) is 10.6. The normalized spacial score (nSPS) is 16.2. The van der Waals surface area contributed by atoms with Crippen molar-refractivity contribution in [2.24, 2.45) is 0 Å². The SMILES string of the molecule is COCCCN1C(=O)C(O)=C(C(=O)c2sc(C)nc2C)C1c1cccc(OC)c1OC. The van der Waals surface area contributed by atoms with Crippen LogP contribution in [0.15, 0.2) is 29.5 Å². The molecule has 8 nitrogen and oxygen atoms in total. The summed E-state index contributed by atoms with van der Waals surface area (Å²) in [7, 11) is 4.59. The minimum Gasteiger partial charge on any atom is -0.503 e. The highest BCUT2D eigenvalue weighted by molar-refractivity contribution is 7.14. The van der Waals surface area contributed by atoms with E-state index in [0.29, 0.717) is 47.2 Å². The first kappa shape index (κ1) is 22.8. The van der Waals surface area contributed by atoms with Gasteiger partial charge in [0.25, 0.3) is 5.91 Å². The number of para-hydroxylation sites is 1. The molecular formula is C22H26N2O6S. The molecular weight excluding hydrogens is 420 g/mol. The third-order valence-corrected chi connectivity index (χ3v) is 6.21. The number of thiazole rings is 1. The van der Waals surface area contributed by atoms with Gasteiger partial charge in [0, 0.05) is 25.8 Å². The smallest absolute Gasteiger partial charge is 0.290 e. The number of hydrogen-bond donors (Lipinski definition) is 1. The average Bonchev–Trinajstić information content (AvgIpc) is 3.23. The van der Waals surface area contributed by atoms with Gasteiger partial charge in [-0.2, -0.15) is 0 Å². The van der Waals surface area contributed by atoms with Gasteiger partial charge in [0.15, 0.2) is 17.3 Å². The van der Waals surface area contributed by atoms with Crippen molar-refractivity contribution in [3.8, 4) is 11.5 Å². The van der Waals surface area contributed by atoms with Gasteiger partial charge in [0.1, 0.15) is 0 Å². The lowest BCUT2D eigenvalue weighted by atomic mass is 9.94. The van der Waals surface area contributed by atoms with Gasteiger partial charge in [-0.1, -0.05) is 12.1 Å². The molecule has 0 spiro atoms. The molecule has 9 heteroatoms. The van der Waals surface area contributed by atoms with E-state index in [0.717, 1.165) is 5.01 Å². The van der Waals surface area contributed by atoms with E-state index in [1.54, 1.807) is 32.2 Å². The molecule has 31 heavy (non-hydrogen) atoms. The minimum atomic E-state index is -0.830. The van der Waals surface area contributed by atoms with Gasteiger partial charge in [-0.05, 0) is 26.3 Å². The third kappa shape index (κ3) is 4.15. The zero-order valence-electron chi connectivity index (χ0n) is 18.2. The Balaban J connectivity index is 2.16. The number of Topliss-reactive ketones (excluding diaryl/α,β-unsaturated/α-hetero) is 1. The molecule has 1 N–H and O–H groups in total. The van der Waals surface area contributed by atoms with Crippen LogP contribution in [0, 0.1) is 13.8 Å². The average molecular weight is 447 g/mol. The summed E-state index contributed by atoms with van der Waals surface area (Å²) in [5.74, 6) is -0.710. The summed E-state index contributed by atoms with van der Waals surface area (Å²) in [6, 6.07) is 4.42. The maximum atomic E-state index is 13.5. The van der Waals surface area contributed by atoms with Gasteiger partial charge in [-0.25, -0.2) is 4.98 Å². The number of rotatable bonds is 9. The molecule has 1 atom stereocenters. The molecule has 3 rings (SSSR count). The lowest BCUT2D eigenvalue weighted by molar-refractivity contribution is -0.129. The highest BCUT2D eigenvalue weighted by atomic mass is 32.1. The van der Waals surface area contributed by atoms with E-state index in [1.165, 1.54) is 30.5 Å². The maximum absolute atomic E-state index is 13.5. The predicted molar refractivity (Wildman–Crippen MR) is 116 cm³/mol. The van der Waals surface area contributed by atoms with Crippen molar-refractivity contribution in [1.82, 2.24) is 9.88 Å². The number of aryl methyl sites for hydroxylation is 2. The number of benzene rings is 1. The monoisotopic (exact) mass is 446 g/mol. The minimum absolute atomic E-state index is 0.0146. The number of carbonyl (C=O) groups excluding carboxylic acids is 2. The second kappa shape index (κ2) is 9.49. The van der Waals surface area contributed by atoms with Crippen LogP contribution in [0.3, 0.4) is 0 Å². The van der Waals surface area contributed by atoms with Crippen LogP contribution in [0.2, 0.25) is 0 Å². The van der Waals surface area contributed by atoms with E-state index in [9.17, 15) is 14.7 Å². The van der Waals surface area contributed by atoms with Crippen LogP contribution in [0.4, 0.5) is 0 Å². The first-order valence-electron chi connectivity index (χ1n) is 9.78. The Morgan fingerprint density at radius 3 is 2.55 bits per heavy atom. The van der Waals surface area contributed by atoms with E-state index in [-0.39, 0.29) is 5.57 Å². The second-order valence-corrected chi connectivity index (χ2v) is 8.27. The molecule has 1 aromatic heterocycles. The van der Waals surface area contributed by atoms with Crippen molar-refractivity contribution in [2.75, 3.05) is 34.5 Å². The summed E-state index contributed by atoms with van der Waals surface area (Å²) in [5, 5.41) is 11.5. The molecule has 0 radical (unpaired) electrons. The van der Waals surface area contributed by atoms with Crippen molar-refractivity contribution < 1.29 is 28.9 Å². The highest BCUT2D eigenvalue weighted by Gasteiger charge is 2.45. The molecule has 2 heterocycles. The number of methoxy groups -OCH3 is 3. The Labute approximate surface area is 185 Å². The fourth-order valence-electron chi connectivity index (χ4n) is 3.81. The number of aliphatic hydroxyl groups is 1. The molecule has 0 fully saturated rings. The highest BCUT2D eigenvalue weighted by Crippen LogP contribution is 2.45. The summed E-state index contributed by atoms with van der Waals surface area (Å²) < 4.78 is 16.1. The third-order valence-electron chi connectivity index (χ3n) is 5.13. The van der Waals surface area contributed by atoms with Gasteiger partial charge in [-0.15, -0.1) is 11.3 Å². The summed E-state index contributed by atoms with van der Waals surface area (Å²) in [6.45, 7) is 4.27. The van der Waals surface area contributed by atoms with Crippen LogP contribution in [0.25, 0.3) is 0 Å². The van der Waals surface area contributed by atoms with Gasteiger partial charge in [0.05, 0.1) is 41.4 Å². The van der Waals surface area contributed by atoms with Crippen molar-refractivity contribution in [3.63, 3.8) is 0 Å². The van der Waals surface area contributed by atoms with Gasteiger partial charge >= 0.3 is 0 Å². The fraction of sp³-hybridized carbons (Fsp3) is 0.409. The van der Waals surface area contributed by atoms with Crippen molar-refractivity contribution in [2.45, 2.75) is 26.3 Å². The lowest BCUT2D eigenvalue weighted by Gasteiger charge is -2.28. The van der Waals surface area contributed by atoms with Crippen molar-refractivity contribution >= 4 is 23.0 Å². The Kier molecular flexibility index (Phi) is 6.97. The van der Waals surface area contributed by atoms with Crippen molar-refractivity contribution in [3.05, 3.63) is 50.7 Å². The molecule has 2 aromatic rings. The quantitative estimate of drug-likeness (QED) is 0.466. The molecule has 1 aliphatic rings. The van der Waals surface area contributed by atoms with Crippen LogP contribution in [-0.2, 0) is 9.53 Å². The standard InChI is InChI=1S/C22H26N2O6S/c1-12-21(31-13(2)23-12)18(25)16-17(14-8-6-9-15(29-4)20(14)30-5)24(10-7-11-28-3)22(27)19(16)26/h6,8-9,17,26H,7,10-11H2,1-5H3. The van der Waals surface area contributed by atoms with E-state index in [4.69, 9.17) is 14.2 Å². The molecule has 1 amide bonds. The van der Waals surface area contributed by atoms with E-state index < -0.39 is 23.5 Å². The zero-order valence-corrected chi connectivity index (χ0v) is 19.0. The number of hydrogen-bond acceptors (Lipinski definition) is 8. The number of aliphatic hydroxyl groups excluding tert-OH is 1. The summed E-state index contributed by atoms with van der Waals surface area (Å²) in [5.41, 5.74) is 1.13. The van der Waals surface area contributed by atoms with Gasteiger partial charge in [-0.3, -0.25) is 9.59 Å². The number of amides is 1. The second-order valence-electron chi connectivity index (χ2n) is 7.07. The number of nitrogens with zero attached hydrogens (tertiary/aromatic N) is 2.